The molecule has 2 N–H and O–H groups in total. The Morgan fingerprint density at radius 3 is 2.88 bits per heavy atom. The Labute approximate surface area is 93.6 Å². The van der Waals surface area contributed by atoms with E-state index in [-0.39, 0.29) is 11.3 Å². The molecule has 0 saturated carbocycles. The van der Waals surface area contributed by atoms with Crippen LogP contribution in [0.2, 0.25) is 0 Å². The zero-order valence-electron chi connectivity index (χ0n) is 8.22. The Bertz CT molecular complexity index is 602. The van der Waals surface area contributed by atoms with Crippen molar-refractivity contribution in [3.63, 3.8) is 0 Å². The smallest absolute Gasteiger partial charge is 0.345 e. The molecule has 0 aliphatic rings. The maximum Gasteiger partial charge on any atom is 0.345 e. The molecule has 0 fully saturated rings. The number of aromatic carboxylic acids is 1. The van der Waals surface area contributed by atoms with Crippen LogP contribution in [0.25, 0.3) is 11.4 Å². The van der Waals surface area contributed by atoms with Crippen LogP contribution in [0.15, 0.2) is 16.4 Å². The fraction of sp³-hybridized carbons (Fsp3) is 0.111. The maximum atomic E-state index is 11.1. The van der Waals surface area contributed by atoms with Gasteiger partial charge in [0.2, 0.25) is 0 Å². The molecule has 0 aliphatic carbocycles. The predicted molar refractivity (Wildman–Crippen MR) is 57.7 cm³/mol. The van der Waals surface area contributed by atoms with Crippen LogP contribution in [0, 0.1) is 6.92 Å². The number of hydrogen-bond donors (Lipinski definition) is 2. The third kappa shape index (κ3) is 1.84. The van der Waals surface area contributed by atoms with Crippen molar-refractivity contribution >= 4 is 17.3 Å². The number of carbonyl (C=O) groups is 1. The van der Waals surface area contributed by atoms with E-state index in [1.807, 2.05) is 0 Å². The Hall–Kier alpha value is -2.02. The lowest BCUT2D eigenvalue weighted by Gasteiger charge is -2.00. The average Bonchev–Trinajstić information content (AvgIpc) is 2.64. The fourth-order valence-electron chi connectivity index (χ4n) is 1.24. The molecule has 7 heteroatoms. The first kappa shape index (κ1) is 10.5. The van der Waals surface area contributed by atoms with Crippen LogP contribution < -0.4 is 5.69 Å². The molecule has 2 rings (SSSR count). The van der Waals surface area contributed by atoms with Crippen LogP contribution in [-0.4, -0.2) is 26.0 Å². The van der Waals surface area contributed by atoms with Crippen LogP contribution >= 0.6 is 11.3 Å². The summed E-state index contributed by atoms with van der Waals surface area (Å²) < 4.78 is 0. The number of aromatic amines is 1. The summed E-state index contributed by atoms with van der Waals surface area (Å²) in [5.74, 6) is -1.15. The molecule has 0 saturated heterocycles. The molecule has 0 radical (unpaired) electrons. The van der Waals surface area contributed by atoms with Gasteiger partial charge in [-0.15, -0.1) is 11.3 Å². The molecular formula is C9H7N3O3S. The lowest BCUT2D eigenvalue weighted by molar-refractivity contribution is 0.0697. The van der Waals surface area contributed by atoms with E-state index in [1.165, 1.54) is 11.3 Å². The van der Waals surface area contributed by atoms with Gasteiger partial charge in [0.05, 0.1) is 16.4 Å². The number of carboxylic acid groups (broad SMARTS) is 1. The molecule has 2 aromatic rings. The van der Waals surface area contributed by atoms with Gasteiger partial charge in [0.15, 0.2) is 0 Å². The third-order valence-electron chi connectivity index (χ3n) is 1.92. The van der Waals surface area contributed by atoms with E-state index >= 15 is 0 Å². The normalized spacial score (nSPS) is 10.3. The summed E-state index contributed by atoms with van der Waals surface area (Å²) in [5, 5.41) is 11.4. The number of rotatable bonds is 2. The number of nitrogens with zero attached hydrogens (tertiary/aromatic N) is 2. The van der Waals surface area contributed by atoms with Gasteiger partial charge in [-0.25, -0.2) is 19.6 Å². The lowest BCUT2D eigenvalue weighted by atomic mass is 10.2. The van der Waals surface area contributed by atoms with Crippen molar-refractivity contribution in [3.8, 4) is 11.4 Å². The van der Waals surface area contributed by atoms with Gasteiger partial charge >= 0.3 is 11.7 Å². The fourth-order valence-corrected chi connectivity index (χ4v) is 1.84. The molecule has 0 aliphatic heterocycles. The molecule has 0 amide bonds. The maximum absolute atomic E-state index is 11.1. The molecule has 2 heterocycles. The van der Waals surface area contributed by atoms with Gasteiger partial charge in [0, 0.05) is 11.6 Å². The summed E-state index contributed by atoms with van der Waals surface area (Å²) in [7, 11) is 0. The molecule has 82 valence electrons. The summed E-state index contributed by atoms with van der Waals surface area (Å²) in [6.07, 6.45) is 1.03. The molecule has 2 aromatic heterocycles. The van der Waals surface area contributed by atoms with Crippen molar-refractivity contribution in [3.05, 3.63) is 32.6 Å². The third-order valence-corrected chi connectivity index (χ3v) is 2.69. The van der Waals surface area contributed by atoms with Crippen LogP contribution in [0.1, 0.15) is 15.4 Å². The number of H-pyrrole nitrogens is 1. The highest BCUT2D eigenvalue weighted by atomic mass is 32.1. The van der Waals surface area contributed by atoms with Crippen LogP contribution in [0.3, 0.4) is 0 Å². The quantitative estimate of drug-likeness (QED) is 0.808. The number of aryl methyl sites for hydroxylation is 1. The van der Waals surface area contributed by atoms with E-state index in [0.29, 0.717) is 5.69 Å². The van der Waals surface area contributed by atoms with Crippen LogP contribution in [0.4, 0.5) is 0 Å². The van der Waals surface area contributed by atoms with Crippen molar-refractivity contribution in [2.75, 3.05) is 0 Å². The van der Waals surface area contributed by atoms with E-state index in [0.717, 1.165) is 11.2 Å². The summed E-state index contributed by atoms with van der Waals surface area (Å²) in [6.45, 7) is 1.80. The van der Waals surface area contributed by atoms with E-state index < -0.39 is 11.7 Å². The molecular weight excluding hydrogens is 230 g/mol. The van der Waals surface area contributed by atoms with Gasteiger partial charge in [-0.3, -0.25) is 0 Å². The van der Waals surface area contributed by atoms with Crippen molar-refractivity contribution in [2.24, 2.45) is 0 Å². The largest absolute Gasteiger partial charge is 0.478 e. The average molecular weight is 237 g/mol. The molecule has 0 unspecified atom stereocenters. The standard InChI is InChI=1S/C9H7N3O3S/c1-4-11-6(3-16-4)7-5(8(13)14)2-10-9(15)12-7/h2-3H,1H3,(H,13,14)(H,10,12,15). The van der Waals surface area contributed by atoms with Gasteiger partial charge in [0.25, 0.3) is 0 Å². The molecule has 0 atom stereocenters. The van der Waals surface area contributed by atoms with Gasteiger partial charge in [0.1, 0.15) is 5.56 Å². The van der Waals surface area contributed by atoms with Crippen molar-refractivity contribution in [1.82, 2.24) is 15.0 Å². The molecule has 0 spiro atoms. The minimum atomic E-state index is -1.15. The minimum absolute atomic E-state index is 0.0649. The molecule has 16 heavy (non-hydrogen) atoms. The van der Waals surface area contributed by atoms with Crippen molar-refractivity contribution < 1.29 is 9.90 Å². The van der Waals surface area contributed by atoms with E-state index in [2.05, 4.69) is 15.0 Å². The molecule has 0 aromatic carbocycles. The number of aromatic nitrogens is 3. The molecule has 0 bridgehead atoms. The predicted octanol–water partition coefficient (Wildman–Crippen LogP) is 0.900. The van der Waals surface area contributed by atoms with Gasteiger partial charge in [-0.1, -0.05) is 0 Å². The number of thiazole rings is 1. The Morgan fingerprint density at radius 1 is 1.56 bits per heavy atom. The van der Waals surface area contributed by atoms with Crippen molar-refractivity contribution in [1.29, 1.82) is 0 Å². The van der Waals surface area contributed by atoms with E-state index in [1.54, 1.807) is 12.3 Å². The van der Waals surface area contributed by atoms with Crippen LogP contribution in [-0.2, 0) is 0 Å². The Balaban J connectivity index is 2.67. The first-order valence-corrected chi connectivity index (χ1v) is 5.21. The van der Waals surface area contributed by atoms with Gasteiger partial charge in [-0.2, -0.15) is 0 Å². The highest BCUT2D eigenvalue weighted by Crippen LogP contribution is 2.21. The summed E-state index contributed by atoms with van der Waals surface area (Å²) in [6, 6.07) is 0. The first-order valence-electron chi connectivity index (χ1n) is 4.33. The Morgan fingerprint density at radius 2 is 2.31 bits per heavy atom. The summed E-state index contributed by atoms with van der Waals surface area (Å²) in [4.78, 5) is 31.9. The summed E-state index contributed by atoms with van der Waals surface area (Å²) >= 11 is 1.38. The van der Waals surface area contributed by atoms with Crippen LogP contribution in [0.5, 0.6) is 0 Å². The van der Waals surface area contributed by atoms with Crippen molar-refractivity contribution in [2.45, 2.75) is 6.92 Å². The zero-order valence-corrected chi connectivity index (χ0v) is 9.04. The SMILES string of the molecule is Cc1nc(-c2[nH]c(=O)ncc2C(=O)O)cs1. The highest BCUT2D eigenvalue weighted by Gasteiger charge is 2.15. The zero-order chi connectivity index (χ0) is 11.7. The molecule has 6 nitrogen and oxygen atoms in total. The monoisotopic (exact) mass is 237 g/mol. The topological polar surface area (TPSA) is 95.9 Å². The highest BCUT2D eigenvalue weighted by molar-refractivity contribution is 7.09. The number of nitrogens with one attached hydrogen (secondary N) is 1. The first-order chi connectivity index (χ1) is 7.58. The van der Waals surface area contributed by atoms with Gasteiger partial charge < -0.3 is 10.1 Å². The number of hydrogen-bond acceptors (Lipinski definition) is 5. The Kier molecular flexibility index (Phi) is 2.53. The number of carboxylic acids is 1. The van der Waals surface area contributed by atoms with E-state index in [4.69, 9.17) is 5.11 Å². The second kappa shape index (κ2) is 3.86. The second-order valence-electron chi connectivity index (χ2n) is 3.03. The van der Waals surface area contributed by atoms with E-state index in [9.17, 15) is 9.59 Å². The van der Waals surface area contributed by atoms with Gasteiger partial charge in [-0.05, 0) is 6.92 Å². The second-order valence-corrected chi connectivity index (χ2v) is 4.10. The lowest BCUT2D eigenvalue weighted by Crippen LogP contribution is -2.15. The minimum Gasteiger partial charge on any atom is -0.478 e. The summed E-state index contributed by atoms with van der Waals surface area (Å²) in [5.41, 5.74) is -0.0215.